The van der Waals surface area contributed by atoms with Crippen LogP contribution in [0.2, 0.25) is 0 Å². The second kappa shape index (κ2) is 19.8. The van der Waals surface area contributed by atoms with Crippen molar-refractivity contribution >= 4 is 40.7 Å². The molecule has 0 saturated heterocycles. The van der Waals surface area contributed by atoms with Gasteiger partial charge in [-0.2, -0.15) is 0 Å². The number of carbonyl (C=O) groups is 3. The molecule has 0 aliphatic heterocycles. The van der Waals surface area contributed by atoms with Crippen molar-refractivity contribution in [3.8, 4) is 0 Å². The van der Waals surface area contributed by atoms with Gasteiger partial charge in [-0.15, -0.1) is 22.7 Å². The van der Waals surface area contributed by atoms with Crippen molar-refractivity contribution in [3.63, 3.8) is 0 Å². The molecule has 2 aromatic heterocycles. The molecule has 268 valence electrons. The highest BCUT2D eigenvalue weighted by molar-refractivity contribution is 7.09. The van der Waals surface area contributed by atoms with Crippen molar-refractivity contribution in [2.45, 2.75) is 91.1 Å². The molecule has 0 saturated carbocycles. The Balaban J connectivity index is 1.49. The average Bonchev–Trinajstić information content (AvgIpc) is 3.82. The van der Waals surface area contributed by atoms with Gasteiger partial charge in [-0.3, -0.25) is 9.78 Å². The third kappa shape index (κ3) is 11.9. The van der Waals surface area contributed by atoms with Gasteiger partial charge in [0.1, 0.15) is 12.6 Å². The highest BCUT2D eigenvalue weighted by atomic mass is 32.1. The predicted molar refractivity (Wildman–Crippen MR) is 200 cm³/mol. The van der Waals surface area contributed by atoms with E-state index in [1.54, 1.807) is 39.9 Å². The van der Waals surface area contributed by atoms with Crippen LogP contribution in [0.4, 0.5) is 9.59 Å². The highest BCUT2D eigenvalue weighted by Gasteiger charge is 2.31. The van der Waals surface area contributed by atoms with Gasteiger partial charge < -0.3 is 25.2 Å². The lowest BCUT2D eigenvalue weighted by atomic mass is 9.92. The minimum absolute atomic E-state index is 0.0622. The summed E-state index contributed by atoms with van der Waals surface area (Å²) in [5.74, 6) is 0.0202. The molecular weight excluding hydrogens is 669 g/mol. The molecule has 2 N–H and O–H groups in total. The number of ether oxygens (including phenoxy) is 1. The summed E-state index contributed by atoms with van der Waals surface area (Å²) in [7, 11) is 1.72. The summed E-state index contributed by atoms with van der Waals surface area (Å²) in [6.07, 6.45) is 3.75. The average molecular weight is 719 g/mol. The minimum atomic E-state index is -0.732. The molecule has 2 heterocycles. The Morgan fingerprint density at radius 1 is 0.900 bits per heavy atom. The lowest BCUT2D eigenvalue weighted by Gasteiger charge is -2.31. The molecule has 0 radical (unpaired) electrons. The van der Waals surface area contributed by atoms with Crippen LogP contribution in [-0.4, -0.2) is 63.5 Å². The standard InChI is InChI=1S/C38H50N6O4S2/c1-6-30(7-2)34(42-37(46)43(5)23-32-25-49-36(41-32)27(3)4)35(45)40-31(20-28-14-10-8-11-15-28)18-19-44(22-29-16-12-9-13-17-29)38(47)48-24-33-21-39-26-50-33/h8-17,21,25-27,30-31,34H,6-7,18-20,22-24H2,1-5H3,(H,40,45)(H,42,46)/t31-,34+/m1/s1. The monoisotopic (exact) mass is 718 g/mol. The minimum Gasteiger partial charge on any atom is -0.444 e. The first-order chi connectivity index (χ1) is 24.2. The number of benzene rings is 2. The zero-order chi connectivity index (χ0) is 35.9. The second-order valence-corrected chi connectivity index (χ2v) is 14.7. The van der Waals surface area contributed by atoms with Crippen molar-refractivity contribution in [2.24, 2.45) is 5.92 Å². The molecule has 4 amide bonds. The Bertz CT molecular complexity index is 1600. The summed E-state index contributed by atoms with van der Waals surface area (Å²) in [5.41, 5.74) is 4.57. The largest absolute Gasteiger partial charge is 0.444 e. The molecular formula is C38H50N6O4S2. The third-order valence-corrected chi connectivity index (χ3v) is 10.6. The number of amides is 4. The molecule has 0 aliphatic carbocycles. The topological polar surface area (TPSA) is 117 Å². The molecule has 2 atom stereocenters. The number of nitrogens with one attached hydrogen (secondary N) is 2. The molecule has 12 heteroatoms. The van der Waals surface area contributed by atoms with Crippen LogP contribution >= 0.6 is 22.7 Å². The predicted octanol–water partition coefficient (Wildman–Crippen LogP) is 7.63. The highest BCUT2D eigenvalue weighted by Crippen LogP contribution is 2.21. The van der Waals surface area contributed by atoms with Crippen LogP contribution in [0.25, 0.3) is 0 Å². The van der Waals surface area contributed by atoms with E-state index in [0.717, 1.165) is 39.5 Å². The molecule has 0 bridgehead atoms. The lowest BCUT2D eigenvalue weighted by Crippen LogP contribution is -2.55. The number of thiazole rings is 2. The van der Waals surface area contributed by atoms with Crippen molar-refractivity contribution in [1.29, 1.82) is 0 Å². The fraction of sp³-hybridized carbons (Fsp3) is 0.447. The van der Waals surface area contributed by atoms with Gasteiger partial charge in [0.25, 0.3) is 0 Å². The SMILES string of the molecule is CCC(CC)[C@H](NC(=O)N(C)Cc1csc(C(C)C)n1)C(=O)N[C@H](CCN(Cc1ccccc1)C(=O)OCc1cncs1)Cc1ccccc1. The van der Waals surface area contributed by atoms with Gasteiger partial charge in [-0.1, -0.05) is 101 Å². The van der Waals surface area contributed by atoms with Gasteiger partial charge >= 0.3 is 12.1 Å². The summed E-state index contributed by atoms with van der Waals surface area (Å²) in [6, 6.07) is 18.4. The Hall–Kier alpha value is -4.29. The molecule has 10 nitrogen and oxygen atoms in total. The van der Waals surface area contributed by atoms with Gasteiger partial charge in [0.15, 0.2) is 0 Å². The number of hydrogen-bond acceptors (Lipinski definition) is 8. The summed E-state index contributed by atoms with van der Waals surface area (Å²) in [6.45, 7) is 9.47. The van der Waals surface area contributed by atoms with Crippen LogP contribution in [0.5, 0.6) is 0 Å². The molecule has 0 unspecified atom stereocenters. The van der Waals surface area contributed by atoms with Gasteiger partial charge in [-0.05, 0) is 29.9 Å². The Labute approximate surface area is 304 Å². The summed E-state index contributed by atoms with van der Waals surface area (Å²) in [4.78, 5) is 53.9. The van der Waals surface area contributed by atoms with E-state index in [1.165, 1.54) is 11.3 Å². The fourth-order valence-corrected chi connectivity index (χ4v) is 7.01. The summed E-state index contributed by atoms with van der Waals surface area (Å²) in [5, 5.41) is 9.33. The normalized spacial score (nSPS) is 12.4. The maximum atomic E-state index is 14.1. The van der Waals surface area contributed by atoms with E-state index in [4.69, 9.17) is 4.74 Å². The van der Waals surface area contributed by atoms with E-state index < -0.39 is 12.1 Å². The second-order valence-electron chi connectivity index (χ2n) is 12.8. The van der Waals surface area contributed by atoms with Crippen molar-refractivity contribution < 1.29 is 19.1 Å². The molecule has 0 fully saturated rings. The molecule has 2 aromatic carbocycles. The summed E-state index contributed by atoms with van der Waals surface area (Å²) < 4.78 is 5.69. The number of rotatable bonds is 18. The number of carbonyl (C=O) groups excluding carboxylic acids is 3. The smallest absolute Gasteiger partial charge is 0.410 e. The molecule has 0 spiro atoms. The Kier molecular flexibility index (Phi) is 15.2. The first kappa shape index (κ1) is 38.5. The van der Waals surface area contributed by atoms with Crippen LogP contribution in [0, 0.1) is 5.92 Å². The van der Waals surface area contributed by atoms with E-state index in [0.29, 0.717) is 38.4 Å². The molecule has 0 aliphatic rings. The zero-order valence-electron chi connectivity index (χ0n) is 29.7. The van der Waals surface area contributed by atoms with Crippen LogP contribution in [0.1, 0.15) is 79.6 Å². The van der Waals surface area contributed by atoms with E-state index in [1.807, 2.05) is 79.9 Å². The van der Waals surface area contributed by atoms with Crippen LogP contribution < -0.4 is 10.6 Å². The lowest BCUT2D eigenvalue weighted by molar-refractivity contribution is -0.125. The quantitative estimate of drug-likeness (QED) is 0.109. The van der Waals surface area contributed by atoms with Crippen molar-refractivity contribution in [2.75, 3.05) is 13.6 Å². The van der Waals surface area contributed by atoms with Crippen LogP contribution in [0.15, 0.2) is 77.8 Å². The first-order valence-corrected chi connectivity index (χ1v) is 19.1. The first-order valence-electron chi connectivity index (χ1n) is 17.3. The van der Waals surface area contributed by atoms with Gasteiger partial charge in [0.05, 0.1) is 27.6 Å². The van der Waals surface area contributed by atoms with E-state index in [9.17, 15) is 14.4 Å². The van der Waals surface area contributed by atoms with E-state index in [2.05, 4.69) is 34.4 Å². The van der Waals surface area contributed by atoms with Gasteiger partial charge in [0.2, 0.25) is 5.91 Å². The maximum Gasteiger partial charge on any atom is 0.410 e. The fourth-order valence-electron chi connectivity index (χ4n) is 5.68. The third-order valence-electron chi connectivity index (χ3n) is 8.61. The van der Waals surface area contributed by atoms with Crippen molar-refractivity contribution in [3.05, 3.63) is 104 Å². The zero-order valence-corrected chi connectivity index (χ0v) is 31.3. The number of urea groups is 1. The number of hydrogen-bond donors (Lipinski definition) is 2. The molecule has 50 heavy (non-hydrogen) atoms. The Morgan fingerprint density at radius 3 is 2.18 bits per heavy atom. The van der Waals surface area contributed by atoms with Crippen LogP contribution in [0.3, 0.4) is 0 Å². The molecule has 4 rings (SSSR count). The summed E-state index contributed by atoms with van der Waals surface area (Å²) >= 11 is 3.03. The van der Waals surface area contributed by atoms with Crippen molar-refractivity contribution in [1.82, 2.24) is 30.4 Å². The maximum absolute atomic E-state index is 14.1. The number of nitrogens with zero attached hydrogens (tertiary/aromatic N) is 4. The van der Waals surface area contributed by atoms with Gasteiger partial charge in [-0.25, -0.2) is 14.6 Å². The Morgan fingerprint density at radius 2 is 1.58 bits per heavy atom. The van der Waals surface area contributed by atoms with Crippen LogP contribution in [-0.2, 0) is 35.6 Å². The number of aromatic nitrogens is 2. The van der Waals surface area contributed by atoms with E-state index >= 15 is 0 Å². The molecule has 4 aromatic rings. The van der Waals surface area contributed by atoms with E-state index in [-0.39, 0.29) is 30.5 Å². The van der Waals surface area contributed by atoms with Gasteiger partial charge in [0, 0.05) is 43.7 Å².